The van der Waals surface area contributed by atoms with E-state index >= 15 is 0 Å². The maximum absolute atomic E-state index is 12.2. The van der Waals surface area contributed by atoms with Crippen molar-refractivity contribution < 1.29 is 19.2 Å². The first-order valence-electron chi connectivity index (χ1n) is 26.8. The number of anilines is 6. The molecule has 3 amide bonds. The molecule has 8 rings (SSSR count). The number of alkyl halides is 4. The third-order valence-corrected chi connectivity index (χ3v) is 15.8. The van der Waals surface area contributed by atoms with Crippen LogP contribution in [0.15, 0.2) is 146 Å². The van der Waals surface area contributed by atoms with Crippen LogP contribution in [0.25, 0.3) is 66.8 Å². The summed E-state index contributed by atoms with van der Waals surface area (Å²) in [4.78, 5) is 50.8. The molecule has 10 nitrogen and oxygen atoms in total. The van der Waals surface area contributed by atoms with Crippen molar-refractivity contribution in [3.63, 3.8) is 0 Å². The fourth-order valence-corrected chi connectivity index (χ4v) is 10.4. The van der Waals surface area contributed by atoms with Crippen LogP contribution in [0.4, 0.5) is 34.1 Å². The van der Waals surface area contributed by atoms with Crippen LogP contribution in [0, 0.1) is 41.5 Å². The Morgan fingerprint density at radius 2 is 0.518 bits per heavy atom. The van der Waals surface area contributed by atoms with Crippen LogP contribution in [0.3, 0.4) is 0 Å². The Labute approximate surface area is 514 Å². The van der Waals surface area contributed by atoms with Crippen molar-refractivity contribution in [2.24, 2.45) is 0 Å². The molecule has 0 saturated carbocycles. The number of halogens is 5. The number of carbonyl (C=O) groups is 4. The summed E-state index contributed by atoms with van der Waals surface area (Å²) in [6.45, 7) is 12.6. The number of nitrogens with zero attached hydrogens (tertiary/aromatic N) is 3. The minimum atomic E-state index is -0.508. The summed E-state index contributed by atoms with van der Waals surface area (Å²) in [7, 11) is 11.0. The molecule has 0 radical (unpaired) electrons. The van der Waals surface area contributed by atoms with E-state index in [-0.39, 0.29) is 41.2 Å². The van der Waals surface area contributed by atoms with Gasteiger partial charge in [0.15, 0.2) is 0 Å². The third-order valence-electron chi connectivity index (χ3n) is 14.6. The first-order valence-corrected chi connectivity index (χ1v) is 29.3. The molecule has 83 heavy (non-hydrogen) atoms. The monoisotopic (exact) mass is 1210 g/mol. The SMILES string of the molecule is CNc1ccc(-c2cc(-c3ccc(NC)cc3C)cc(-c3ccc(NC)cc3C)c2)c(C)c1.Cc1cc(N(C)C(=O)CCl)ccc1-c1cc(-c2ccc(N(C)C(=O)CCl)cc2C)cc(-c2ccc(N(C)C(=O)CCl)cc2C)c1.O=C(Cl)CCl. The highest BCUT2D eigenvalue weighted by atomic mass is 35.5. The molecule has 3 N–H and O–H groups in total. The minimum Gasteiger partial charge on any atom is -0.388 e. The molecule has 0 aliphatic carbocycles. The summed E-state index contributed by atoms with van der Waals surface area (Å²) in [5.41, 5.74) is 26.0. The lowest BCUT2D eigenvalue weighted by molar-refractivity contribution is -0.116. The van der Waals surface area contributed by atoms with E-state index in [9.17, 15) is 19.2 Å². The van der Waals surface area contributed by atoms with E-state index in [1.54, 1.807) is 35.8 Å². The van der Waals surface area contributed by atoms with Crippen molar-refractivity contribution >= 4 is 115 Å². The van der Waals surface area contributed by atoms with Crippen molar-refractivity contribution in [1.29, 1.82) is 0 Å². The quantitative estimate of drug-likeness (QED) is 0.0652. The first-order chi connectivity index (χ1) is 39.6. The Balaban J connectivity index is 0.000000256. The normalized spacial score (nSPS) is 10.6. The molecule has 0 aliphatic heterocycles. The molecular weight excluding hydrogens is 1140 g/mol. The highest BCUT2D eigenvalue weighted by Gasteiger charge is 2.19. The van der Waals surface area contributed by atoms with E-state index in [4.69, 9.17) is 58.0 Å². The van der Waals surface area contributed by atoms with Crippen molar-refractivity contribution in [1.82, 2.24) is 0 Å². The molecule has 0 aromatic heterocycles. The van der Waals surface area contributed by atoms with Gasteiger partial charge < -0.3 is 30.7 Å². The molecule has 0 spiro atoms. The van der Waals surface area contributed by atoms with Crippen LogP contribution >= 0.6 is 58.0 Å². The molecule has 8 aromatic carbocycles. The zero-order chi connectivity index (χ0) is 60.8. The maximum atomic E-state index is 12.2. The Morgan fingerprint density at radius 1 is 0.325 bits per heavy atom. The molecule has 0 unspecified atom stereocenters. The molecule has 0 saturated heterocycles. The number of hydrogen-bond acceptors (Lipinski definition) is 7. The average Bonchev–Trinajstić information content (AvgIpc) is 3.63. The van der Waals surface area contributed by atoms with Gasteiger partial charge in [-0.1, -0.05) is 36.4 Å². The lowest BCUT2D eigenvalue weighted by Crippen LogP contribution is -2.27. The van der Waals surface area contributed by atoms with Crippen LogP contribution in [-0.4, -0.2) is 88.8 Å². The van der Waals surface area contributed by atoms with Crippen LogP contribution < -0.4 is 30.7 Å². The smallest absolute Gasteiger partial charge is 0.241 e. The van der Waals surface area contributed by atoms with Crippen molar-refractivity contribution in [2.45, 2.75) is 41.5 Å². The summed E-state index contributed by atoms with van der Waals surface area (Å²) >= 11 is 26.9. The predicted octanol–water partition coefficient (Wildman–Crippen LogP) is 16.9. The van der Waals surface area contributed by atoms with Crippen LogP contribution in [0.5, 0.6) is 0 Å². The Morgan fingerprint density at radius 3 is 0.675 bits per heavy atom. The van der Waals surface area contributed by atoms with E-state index in [1.807, 2.05) is 96.5 Å². The molecule has 8 aromatic rings. The lowest BCUT2D eigenvalue weighted by atomic mass is 9.89. The predicted molar refractivity (Wildman–Crippen MR) is 357 cm³/mol. The van der Waals surface area contributed by atoms with E-state index in [0.29, 0.717) is 0 Å². The van der Waals surface area contributed by atoms with Crippen molar-refractivity contribution in [3.05, 3.63) is 179 Å². The van der Waals surface area contributed by atoms with Gasteiger partial charge in [-0.25, -0.2) is 0 Å². The summed E-state index contributed by atoms with van der Waals surface area (Å²) in [6, 6.07) is 51.0. The average molecular weight is 1210 g/mol. The fraction of sp³-hybridized carbons (Fsp3) is 0.235. The number of benzene rings is 8. The Kier molecular flexibility index (Phi) is 23.3. The van der Waals surface area contributed by atoms with E-state index in [0.717, 1.165) is 84.2 Å². The lowest BCUT2D eigenvalue weighted by Gasteiger charge is -2.21. The molecule has 0 bridgehead atoms. The highest BCUT2D eigenvalue weighted by molar-refractivity contribution is 6.67. The van der Waals surface area contributed by atoms with Gasteiger partial charge in [0.25, 0.3) is 0 Å². The Hall–Kier alpha value is -7.31. The van der Waals surface area contributed by atoms with Gasteiger partial charge in [0.2, 0.25) is 23.0 Å². The molecule has 0 atom stereocenters. The van der Waals surface area contributed by atoms with Gasteiger partial charge in [-0.3, -0.25) is 19.2 Å². The van der Waals surface area contributed by atoms with Crippen LogP contribution in [-0.2, 0) is 19.2 Å². The van der Waals surface area contributed by atoms with Gasteiger partial charge in [0, 0.05) is 76.4 Å². The van der Waals surface area contributed by atoms with Gasteiger partial charge >= 0.3 is 0 Å². The summed E-state index contributed by atoms with van der Waals surface area (Å²) in [5, 5.41) is 9.23. The van der Waals surface area contributed by atoms with Crippen LogP contribution in [0.2, 0.25) is 0 Å². The number of hydrogen-bond donors (Lipinski definition) is 3. The number of aryl methyl sites for hydroxylation is 6. The van der Waals surface area contributed by atoms with Crippen molar-refractivity contribution in [2.75, 3.05) is 96.5 Å². The third kappa shape index (κ3) is 16.1. The summed E-state index contributed by atoms with van der Waals surface area (Å²) < 4.78 is 0. The van der Waals surface area contributed by atoms with Gasteiger partial charge in [-0.15, -0.1) is 46.4 Å². The second-order valence-electron chi connectivity index (χ2n) is 20.2. The molecule has 0 heterocycles. The molecule has 0 fully saturated rings. The largest absolute Gasteiger partial charge is 0.388 e. The van der Waals surface area contributed by atoms with Gasteiger partial charge in [0.05, 0.1) is 5.88 Å². The maximum Gasteiger partial charge on any atom is 0.241 e. The molecular formula is C68H71Cl5N6O4. The number of carbonyl (C=O) groups excluding carboxylic acids is 4. The zero-order valence-corrected chi connectivity index (χ0v) is 52.8. The number of nitrogens with one attached hydrogen (secondary N) is 3. The molecule has 432 valence electrons. The van der Waals surface area contributed by atoms with Gasteiger partial charge in [-0.05, 0) is 262 Å². The second kappa shape index (κ2) is 29.8. The van der Waals surface area contributed by atoms with Gasteiger partial charge in [-0.2, -0.15) is 0 Å². The van der Waals surface area contributed by atoms with E-state index in [2.05, 4.69) is 128 Å². The molecule has 15 heteroatoms. The topological polar surface area (TPSA) is 114 Å². The minimum absolute atomic E-state index is 0.0926. The molecule has 0 aliphatic rings. The summed E-state index contributed by atoms with van der Waals surface area (Å²) in [5.74, 6) is -0.908. The fourth-order valence-electron chi connectivity index (χ4n) is 9.86. The number of amides is 3. The van der Waals surface area contributed by atoms with E-state index < -0.39 is 5.24 Å². The highest BCUT2D eigenvalue weighted by Crippen LogP contribution is 2.40. The Bertz CT molecular complexity index is 3290. The second-order valence-corrected chi connectivity index (χ2v) is 21.7. The zero-order valence-electron chi connectivity index (χ0n) is 49.0. The summed E-state index contributed by atoms with van der Waals surface area (Å²) in [6.07, 6.45) is 0. The van der Waals surface area contributed by atoms with Crippen LogP contribution in [0.1, 0.15) is 33.4 Å². The van der Waals surface area contributed by atoms with Gasteiger partial charge in [0.1, 0.15) is 17.6 Å². The van der Waals surface area contributed by atoms with Crippen molar-refractivity contribution in [3.8, 4) is 66.8 Å². The number of rotatable bonds is 16. The van der Waals surface area contributed by atoms with E-state index in [1.165, 1.54) is 50.1 Å². The standard InChI is InChI=1S/C36H36Cl3N3O3.C30H33N3.C2H2Cl2O/c1-22-13-28(40(4)34(43)19-37)7-10-31(22)25-16-26(32-11-8-29(14-23(32)2)41(5)35(44)20-38)18-27(17-25)33-12-9-30(15-24(33)3)42(6)36(45)21-39;1-19-13-25(31-4)7-10-28(19)22-16-23(29-11-8-26(32-5)14-20(29)2)18-24(17-22)30-12-9-27(33-6)15-21(30)3;3-1-2(4)5/h7-18H,19-21H2,1-6H3;7-18,31-33H,1-6H3;1H2. The first kappa shape index (κ1) is 64.9.